The lowest BCUT2D eigenvalue weighted by atomic mass is 9.90. The Morgan fingerprint density at radius 1 is 1.42 bits per heavy atom. The van der Waals surface area contributed by atoms with Crippen molar-refractivity contribution in [2.75, 3.05) is 7.11 Å². The van der Waals surface area contributed by atoms with Gasteiger partial charge in [-0.2, -0.15) is 0 Å². The monoisotopic (exact) mass is 265 g/mol. The lowest BCUT2D eigenvalue weighted by Crippen LogP contribution is -2.15. The second-order valence-corrected chi connectivity index (χ2v) is 4.71. The molecule has 5 heteroatoms. The number of esters is 2. The highest BCUT2D eigenvalue weighted by atomic mass is 16.5. The zero-order chi connectivity index (χ0) is 14.0. The summed E-state index contributed by atoms with van der Waals surface area (Å²) in [5, 5.41) is 0. The number of carbonyl (C=O) groups is 2. The number of rotatable bonds is 3. The first-order chi connectivity index (χ1) is 9.08. The maximum atomic E-state index is 11.8. The minimum Gasteiger partial charge on any atom is -0.464 e. The molecule has 0 radical (unpaired) electrons. The van der Waals surface area contributed by atoms with Crippen molar-refractivity contribution in [2.24, 2.45) is 0 Å². The standard InChI is InChI=1S/C14H19NO4/c1-4-9-12-10(15-13(9)14(17)18-3)6-5-7-11(12)19-8(2)16/h11,15H,4-7H2,1-3H3. The molecule has 1 unspecified atom stereocenters. The van der Waals surface area contributed by atoms with Crippen LogP contribution < -0.4 is 0 Å². The van der Waals surface area contributed by atoms with E-state index in [9.17, 15) is 9.59 Å². The van der Waals surface area contributed by atoms with Crippen LogP contribution in [0.4, 0.5) is 0 Å². The summed E-state index contributed by atoms with van der Waals surface area (Å²) in [6, 6.07) is 0. The number of hydrogen-bond acceptors (Lipinski definition) is 4. The first-order valence-corrected chi connectivity index (χ1v) is 6.57. The minimum absolute atomic E-state index is 0.245. The van der Waals surface area contributed by atoms with Crippen LogP contribution in [0.2, 0.25) is 0 Å². The third-order valence-corrected chi connectivity index (χ3v) is 3.49. The van der Waals surface area contributed by atoms with Gasteiger partial charge in [-0.3, -0.25) is 4.79 Å². The number of hydrogen-bond donors (Lipinski definition) is 1. The van der Waals surface area contributed by atoms with E-state index in [1.165, 1.54) is 14.0 Å². The maximum absolute atomic E-state index is 11.8. The Morgan fingerprint density at radius 2 is 2.16 bits per heavy atom. The number of nitrogens with one attached hydrogen (secondary N) is 1. The number of carbonyl (C=O) groups excluding carboxylic acids is 2. The van der Waals surface area contributed by atoms with Crippen molar-refractivity contribution in [3.8, 4) is 0 Å². The summed E-state index contributed by atoms with van der Waals surface area (Å²) < 4.78 is 10.2. The average molecular weight is 265 g/mol. The topological polar surface area (TPSA) is 68.4 Å². The average Bonchev–Trinajstić information content (AvgIpc) is 2.76. The van der Waals surface area contributed by atoms with E-state index < -0.39 is 0 Å². The molecule has 0 saturated heterocycles. The number of ether oxygens (including phenoxy) is 2. The van der Waals surface area contributed by atoms with Crippen LogP contribution in [-0.2, 0) is 27.1 Å². The second kappa shape index (κ2) is 5.47. The minimum atomic E-state index is -0.368. The van der Waals surface area contributed by atoms with Crippen LogP contribution in [0.1, 0.15) is 60.1 Å². The van der Waals surface area contributed by atoms with E-state index in [0.717, 1.165) is 36.1 Å². The van der Waals surface area contributed by atoms with E-state index >= 15 is 0 Å². The van der Waals surface area contributed by atoms with Gasteiger partial charge in [0.2, 0.25) is 0 Å². The van der Waals surface area contributed by atoms with Crippen molar-refractivity contribution in [3.63, 3.8) is 0 Å². The molecule has 0 amide bonds. The van der Waals surface area contributed by atoms with Crippen molar-refractivity contribution in [2.45, 2.75) is 45.6 Å². The molecule has 1 aliphatic rings. The molecule has 1 N–H and O–H groups in total. The van der Waals surface area contributed by atoms with Crippen molar-refractivity contribution in [1.29, 1.82) is 0 Å². The van der Waals surface area contributed by atoms with Crippen LogP contribution in [0.25, 0.3) is 0 Å². The molecule has 0 fully saturated rings. The number of aromatic nitrogens is 1. The molecule has 0 bridgehead atoms. The number of methoxy groups -OCH3 is 1. The SMILES string of the molecule is CCc1c(C(=O)OC)[nH]c2c1C(OC(C)=O)CCC2. The quantitative estimate of drug-likeness (QED) is 0.851. The molecule has 1 heterocycles. The second-order valence-electron chi connectivity index (χ2n) is 4.71. The van der Waals surface area contributed by atoms with E-state index in [2.05, 4.69) is 4.98 Å². The highest BCUT2D eigenvalue weighted by Gasteiger charge is 2.31. The number of aryl methyl sites for hydroxylation is 1. The highest BCUT2D eigenvalue weighted by Crippen LogP contribution is 2.37. The van der Waals surface area contributed by atoms with Gasteiger partial charge in [-0.05, 0) is 31.2 Å². The summed E-state index contributed by atoms with van der Waals surface area (Å²) >= 11 is 0. The number of aromatic amines is 1. The lowest BCUT2D eigenvalue weighted by molar-refractivity contribution is -0.147. The summed E-state index contributed by atoms with van der Waals surface area (Å²) in [4.78, 5) is 26.1. The molecule has 1 aliphatic carbocycles. The van der Waals surface area contributed by atoms with Gasteiger partial charge in [-0.15, -0.1) is 0 Å². The van der Waals surface area contributed by atoms with E-state index in [4.69, 9.17) is 9.47 Å². The predicted octanol–water partition coefficient (Wildman–Crippen LogP) is 2.30. The molecular weight excluding hydrogens is 246 g/mol. The third-order valence-electron chi connectivity index (χ3n) is 3.49. The molecule has 104 valence electrons. The predicted molar refractivity (Wildman–Crippen MR) is 69.0 cm³/mol. The van der Waals surface area contributed by atoms with E-state index in [1.807, 2.05) is 6.92 Å². The van der Waals surface area contributed by atoms with Gasteiger partial charge in [-0.25, -0.2) is 4.79 Å². The van der Waals surface area contributed by atoms with Gasteiger partial charge in [0.25, 0.3) is 0 Å². The zero-order valence-electron chi connectivity index (χ0n) is 11.5. The molecular formula is C14H19NO4. The summed E-state index contributed by atoms with van der Waals surface area (Å²) in [6.07, 6.45) is 3.07. The van der Waals surface area contributed by atoms with Gasteiger partial charge < -0.3 is 14.5 Å². The summed E-state index contributed by atoms with van der Waals surface area (Å²) in [6.45, 7) is 3.39. The normalized spacial score (nSPS) is 17.7. The Bertz CT molecular complexity index is 504. The first kappa shape index (κ1) is 13.6. The first-order valence-electron chi connectivity index (χ1n) is 6.57. The molecule has 0 aliphatic heterocycles. The van der Waals surface area contributed by atoms with Gasteiger partial charge in [-0.1, -0.05) is 6.92 Å². The van der Waals surface area contributed by atoms with E-state index in [0.29, 0.717) is 12.1 Å². The molecule has 2 rings (SSSR count). The lowest BCUT2D eigenvalue weighted by Gasteiger charge is -2.23. The third kappa shape index (κ3) is 2.50. The largest absolute Gasteiger partial charge is 0.464 e. The number of fused-ring (bicyclic) bond motifs is 1. The summed E-state index contributed by atoms with van der Waals surface area (Å²) in [7, 11) is 1.37. The zero-order valence-corrected chi connectivity index (χ0v) is 11.5. The fraction of sp³-hybridized carbons (Fsp3) is 0.571. The van der Waals surface area contributed by atoms with Gasteiger partial charge in [0.1, 0.15) is 11.8 Å². The van der Waals surface area contributed by atoms with Crippen LogP contribution in [0.5, 0.6) is 0 Å². The molecule has 5 nitrogen and oxygen atoms in total. The molecule has 1 aromatic heterocycles. The fourth-order valence-corrected chi connectivity index (χ4v) is 2.77. The highest BCUT2D eigenvalue weighted by molar-refractivity contribution is 5.90. The van der Waals surface area contributed by atoms with Gasteiger partial charge >= 0.3 is 11.9 Å². The van der Waals surface area contributed by atoms with Crippen LogP contribution in [-0.4, -0.2) is 24.0 Å². The van der Waals surface area contributed by atoms with Crippen molar-refractivity contribution >= 4 is 11.9 Å². The fourth-order valence-electron chi connectivity index (χ4n) is 2.77. The Labute approximate surface area is 112 Å². The van der Waals surface area contributed by atoms with Crippen molar-refractivity contribution in [3.05, 3.63) is 22.5 Å². The molecule has 0 spiro atoms. The van der Waals surface area contributed by atoms with Crippen LogP contribution in [0.15, 0.2) is 0 Å². The molecule has 0 aromatic carbocycles. The van der Waals surface area contributed by atoms with Crippen molar-refractivity contribution < 1.29 is 19.1 Å². The Hall–Kier alpha value is -1.78. The molecule has 0 saturated carbocycles. The molecule has 1 aromatic rings. The van der Waals surface area contributed by atoms with Gasteiger partial charge in [0, 0.05) is 18.2 Å². The Balaban J connectivity index is 2.46. The smallest absolute Gasteiger partial charge is 0.354 e. The summed E-state index contributed by atoms with van der Waals surface area (Å²) in [5.74, 6) is -0.659. The van der Waals surface area contributed by atoms with E-state index in [1.54, 1.807) is 0 Å². The maximum Gasteiger partial charge on any atom is 0.354 e. The van der Waals surface area contributed by atoms with Gasteiger partial charge in [0.15, 0.2) is 0 Å². The van der Waals surface area contributed by atoms with Gasteiger partial charge in [0.05, 0.1) is 7.11 Å². The van der Waals surface area contributed by atoms with Crippen molar-refractivity contribution in [1.82, 2.24) is 4.98 Å². The molecule has 1 atom stereocenters. The molecule has 19 heavy (non-hydrogen) atoms. The van der Waals surface area contributed by atoms with Crippen LogP contribution >= 0.6 is 0 Å². The number of H-pyrrole nitrogens is 1. The van der Waals surface area contributed by atoms with Crippen LogP contribution in [0, 0.1) is 0 Å². The Kier molecular flexibility index (Phi) is 3.93. The van der Waals surface area contributed by atoms with E-state index in [-0.39, 0.29) is 18.0 Å². The Morgan fingerprint density at radius 3 is 2.74 bits per heavy atom. The van der Waals surface area contributed by atoms with Crippen LogP contribution in [0.3, 0.4) is 0 Å². The summed E-state index contributed by atoms with van der Waals surface area (Å²) in [5.41, 5.74) is 3.38.